The molecule has 0 spiro atoms. The van der Waals surface area contributed by atoms with Crippen LogP contribution in [0.1, 0.15) is 0 Å². The van der Waals surface area contributed by atoms with E-state index in [0.29, 0.717) is 0 Å². The molecule has 10 heavy (non-hydrogen) atoms. The van der Waals surface area contributed by atoms with Gasteiger partial charge >= 0.3 is 0 Å². The molecule has 0 aliphatic rings. The minimum Gasteiger partial charge on any atom is -0.140 e. The van der Waals surface area contributed by atoms with Gasteiger partial charge in [-0.25, -0.2) is 0 Å². The van der Waals surface area contributed by atoms with Gasteiger partial charge in [0.25, 0.3) is 0 Å². The summed E-state index contributed by atoms with van der Waals surface area (Å²) in [6.45, 7) is 0. The van der Waals surface area contributed by atoms with Crippen molar-refractivity contribution in [1.82, 2.24) is 0 Å². The molecule has 0 bridgehead atoms. The number of hydrogen-bond acceptors (Lipinski definition) is 0. The number of hydrogen-bond donors (Lipinski definition) is 0. The van der Waals surface area contributed by atoms with E-state index < -0.39 is 0 Å². The van der Waals surface area contributed by atoms with Crippen molar-refractivity contribution in [2.45, 2.75) is 0 Å². The van der Waals surface area contributed by atoms with Gasteiger partial charge in [0.2, 0.25) is 0 Å². The first-order valence-corrected chi connectivity index (χ1v) is 5.46. The van der Waals surface area contributed by atoms with Crippen LogP contribution in [-0.2, 0) is 0 Å². The quantitative estimate of drug-likeness (QED) is 0.565. The Labute approximate surface area is 64.5 Å². The predicted octanol–water partition coefficient (Wildman–Crippen LogP) is 3.44. The summed E-state index contributed by atoms with van der Waals surface area (Å²) in [4.78, 5) is 0. The maximum Gasteiger partial charge on any atom is -0.0454 e. The Bertz CT molecular complexity index is 146. The first kappa shape index (κ1) is 7.66. The van der Waals surface area contributed by atoms with Gasteiger partial charge in [-0.2, -0.15) is 0 Å². The summed E-state index contributed by atoms with van der Waals surface area (Å²) < 4.78 is 0. The zero-order valence-electron chi connectivity index (χ0n) is 5.62. The van der Waals surface area contributed by atoms with Crippen LogP contribution in [-0.4, -0.2) is 0 Å². The molecule has 0 aliphatic heterocycles. The van der Waals surface area contributed by atoms with Crippen LogP contribution in [0.2, 0.25) is 0 Å². The Morgan fingerprint density at radius 2 is 0.800 bits per heavy atom. The molecule has 0 unspecified atom stereocenters. The third kappa shape index (κ3) is 3.56. The van der Waals surface area contributed by atoms with E-state index in [1.54, 1.807) is 0 Å². The van der Waals surface area contributed by atoms with Gasteiger partial charge in [-0.05, 0) is 23.2 Å². The molecule has 52 valence electrons. The van der Waals surface area contributed by atoms with E-state index in [-0.39, 0.29) is 0 Å². The van der Waals surface area contributed by atoms with E-state index >= 15 is 0 Å². The van der Waals surface area contributed by atoms with Crippen LogP contribution in [0.15, 0.2) is 47.5 Å². The summed E-state index contributed by atoms with van der Waals surface area (Å²) >= 11 is 0. The Kier molecular flexibility index (Phi) is 4.10. The molecule has 0 saturated heterocycles. The Morgan fingerprint density at radius 1 is 0.500 bits per heavy atom. The molecule has 0 aromatic carbocycles. The van der Waals surface area contributed by atoms with Crippen LogP contribution < -0.4 is 0 Å². The first-order chi connectivity index (χ1) is 5.00. The number of rotatable bonds is 0. The molecule has 0 atom stereocenters. The summed E-state index contributed by atoms with van der Waals surface area (Å²) in [5.74, 6) is 8.61. The summed E-state index contributed by atoms with van der Waals surface area (Å²) in [5.41, 5.74) is 0. The van der Waals surface area contributed by atoms with Gasteiger partial charge in [0.1, 0.15) is 0 Å². The third-order valence-corrected chi connectivity index (χ3v) is 2.53. The van der Waals surface area contributed by atoms with Crippen molar-refractivity contribution in [1.29, 1.82) is 0 Å². The molecular weight excluding hydrogens is 158 g/mol. The molecule has 2 heteroatoms. The lowest BCUT2D eigenvalue weighted by Crippen LogP contribution is -1.16. The molecule has 0 N–H and O–H groups in total. The lowest BCUT2D eigenvalue weighted by atomic mass is 10.7. The van der Waals surface area contributed by atoms with Crippen molar-refractivity contribution in [3.63, 3.8) is 0 Å². The fourth-order valence-electron chi connectivity index (χ4n) is 0.556. The molecule has 0 amide bonds. The summed E-state index contributed by atoms with van der Waals surface area (Å²) in [5, 5.41) is 0. The molecule has 0 radical (unpaired) electrons. The zero-order valence-corrected chi connectivity index (χ0v) is 7.62. The molecular formula is C8H10P2. The second-order valence-corrected chi connectivity index (χ2v) is 3.77. The SMILES string of the molecule is c1cc[pH]c1.c1cc[pH]c1. The Balaban J connectivity index is 0.0000001000. The van der Waals surface area contributed by atoms with Gasteiger partial charge in [0.05, 0.1) is 0 Å². The van der Waals surface area contributed by atoms with Crippen LogP contribution in [0.4, 0.5) is 0 Å². The van der Waals surface area contributed by atoms with E-state index in [1.165, 1.54) is 0 Å². The minimum atomic E-state index is 0.948. The molecule has 2 aromatic heterocycles. The highest BCUT2D eigenvalue weighted by molar-refractivity contribution is 7.28. The van der Waals surface area contributed by atoms with Gasteiger partial charge in [-0.1, -0.05) is 24.3 Å². The van der Waals surface area contributed by atoms with Gasteiger partial charge in [0, 0.05) is 0 Å². The Hall–Kier alpha value is -0.440. The fraction of sp³-hybridized carbons (Fsp3) is 0. The topological polar surface area (TPSA) is 0 Å². The van der Waals surface area contributed by atoms with E-state index in [1.807, 2.05) is 0 Å². The minimum absolute atomic E-state index is 0.948. The highest BCUT2D eigenvalue weighted by atomic mass is 31.0. The molecule has 0 saturated carbocycles. The van der Waals surface area contributed by atoms with E-state index in [0.717, 1.165) is 16.4 Å². The maximum atomic E-state index is 2.15. The van der Waals surface area contributed by atoms with Crippen molar-refractivity contribution >= 4 is 16.4 Å². The largest absolute Gasteiger partial charge is 0.140 e. The van der Waals surface area contributed by atoms with E-state index in [2.05, 4.69) is 47.5 Å². The lowest BCUT2D eigenvalue weighted by Gasteiger charge is -1.41. The van der Waals surface area contributed by atoms with Crippen molar-refractivity contribution in [2.75, 3.05) is 0 Å². The zero-order chi connectivity index (χ0) is 7.07. The van der Waals surface area contributed by atoms with Crippen LogP contribution >= 0.6 is 16.4 Å². The molecule has 2 rings (SSSR count). The predicted molar refractivity (Wildman–Crippen MR) is 51.9 cm³/mol. The van der Waals surface area contributed by atoms with Crippen molar-refractivity contribution in [2.24, 2.45) is 0 Å². The average molecular weight is 168 g/mol. The third-order valence-electron chi connectivity index (χ3n) is 0.992. The van der Waals surface area contributed by atoms with Crippen LogP contribution in [0.5, 0.6) is 0 Å². The first-order valence-electron chi connectivity index (χ1n) is 3.15. The average Bonchev–Trinajstić information content (AvgIpc) is 2.67. The van der Waals surface area contributed by atoms with Crippen molar-refractivity contribution in [3.05, 3.63) is 47.5 Å². The Morgan fingerprint density at radius 3 is 0.900 bits per heavy atom. The second kappa shape index (κ2) is 5.35. The van der Waals surface area contributed by atoms with E-state index in [4.69, 9.17) is 0 Å². The van der Waals surface area contributed by atoms with Gasteiger partial charge in [0.15, 0.2) is 0 Å². The second-order valence-electron chi connectivity index (χ2n) is 1.77. The highest BCUT2D eigenvalue weighted by Crippen LogP contribution is 2.00. The highest BCUT2D eigenvalue weighted by Gasteiger charge is 1.57. The van der Waals surface area contributed by atoms with Crippen LogP contribution in [0, 0.1) is 0 Å². The molecule has 0 fully saturated rings. The van der Waals surface area contributed by atoms with Gasteiger partial charge in [-0.3, -0.25) is 0 Å². The van der Waals surface area contributed by atoms with Gasteiger partial charge < -0.3 is 0 Å². The molecule has 2 heterocycles. The monoisotopic (exact) mass is 168 g/mol. The molecule has 0 aliphatic carbocycles. The van der Waals surface area contributed by atoms with Crippen LogP contribution in [0.3, 0.4) is 0 Å². The van der Waals surface area contributed by atoms with Crippen molar-refractivity contribution < 1.29 is 0 Å². The summed E-state index contributed by atoms with van der Waals surface area (Å²) in [7, 11) is 1.90. The standard InChI is InChI=1S/2C4H5P/c2*1-2-4-5-3-1/h2*1-5H. The van der Waals surface area contributed by atoms with Crippen molar-refractivity contribution in [3.8, 4) is 0 Å². The fourth-order valence-corrected chi connectivity index (χ4v) is 1.67. The maximum absolute atomic E-state index is 2.15. The van der Waals surface area contributed by atoms with E-state index in [9.17, 15) is 0 Å². The summed E-state index contributed by atoms with van der Waals surface area (Å²) in [6.07, 6.45) is 0. The lowest BCUT2D eigenvalue weighted by molar-refractivity contribution is 2.03. The van der Waals surface area contributed by atoms with Crippen LogP contribution in [0.25, 0.3) is 0 Å². The normalized spacial score (nSPS) is 8.00. The summed E-state index contributed by atoms with van der Waals surface area (Å²) in [6, 6.07) is 8.27. The molecule has 2 aromatic rings. The van der Waals surface area contributed by atoms with Gasteiger partial charge in [-0.15, -0.1) is 16.4 Å². The molecule has 0 nitrogen and oxygen atoms in total. The smallest absolute Gasteiger partial charge is 0.0454 e.